The molecule has 1 atom stereocenters. The van der Waals surface area contributed by atoms with Crippen LogP contribution in [0.5, 0.6) is 0 Å². The Morgan fingerprint density at radius 3 is 2.36 bits per heavy atom. The maximum atomic E-state index is 12.9. The molecule has 0 spiro atoms. The van der Waals surface area contributed by atoms with Gasteiger partial charge >= 0.3 is 6.18 Å². The van der Waals surface area contributed by atoms with E-state index in [1.54, 1.807) is 4.90 Å². The van der Waals surface area contributed by atoms with Gasteiger partial charge in [-0.05, 0) is 62.0 Å². The Balaban J connectivity index is 1.24. The van der Waals surface area contributed by atoms with E-state index in [1.165, 1.54) is 17.7 Å². The van der Waals surface area contributed by atoms with E-state index >= 15 is 0 Å². The summed E-state index contributed by atoms with van der Waals surface area (Å²) in [6, 6.07) is 15.1. The fourth-order valence-electron chi connectivity index (χ4n) is 4.80. The van der Waals surface area contributed by atoms with E-state index in [4.69, 9.17) is 0 Å². The first-order valence-electron chi connectivity index (χ1n) is 11.3. The maximum Gasteiger partial charge on any atom is 0.416 e. The van der Waals surface area contributed by atoms with Crippen molar-refractivity contribution in [3.63, 3.8) is 0 Å². The highest BCUT2D eigenvalue weighted by molar-refractivity contribution is 5.96. The predicted molar refractivity (Wildman–Crippen MR) is 119 cm³/mol. The van der Waals surface area contributed by atoms with Gasteiger partial charge in [-0.2, -0.15) is 13.2 Å². The average Bonchev–Trinajstić information content (AvgIpc) is 3.33. The van der Waals surface area contributed by atoms with Crippen LogP contribution in [0.1, 0.15) is 46.7 Å². The van der Waals surface area contributed by atoms with Gasteiger partial charge in [-0.25, -0.2) is 0 Å². The third kappa shape index (κ3) is 5.74. The Morgan fingerprint density at radius 2 is 1.67 bits per heavy atom. The summed E-state index contributed by atoms with van der Waals surface area (Å²) in [6.07, 6.45) is -1.43. The van der Waals surface area contributed by atoms with Crippen molar-refractivity contribution >= 4 is 11.8 Å². The summed E-state index contributed by atoms with van der Waals surface area (Å²) in [5.74, 6) is -0.321. The van der Waals surface area contributed by atoms with Crippen LogP contribution in [0.15, 0.2) is 54.6 Å². The van der Waals surface area contributed by atoms with Gasteiger partial charge in [-0.15, -0.1) is 0 Å². The average molecular weight is 460 g/mol. The Hall–Kier alpha value is -2.87. The lowest BCUT2D eigenvalue weighted by Crippen LogP contribution is -2.44. The number of hydrogen-bond donors (Lipinski definition) is 1. The van der Waals surface area contributed by atoms with Crippen LogP contribution in [0.4, 0.5) is 13.2 Å². The lowest BCUT2D eigenvalue weighted by Gasteiger charge is -2.36. The molecule has 0 aliphatic carbocycles. The largest absolute Gasteiger partial charge is 0.416 e. The molecular weight excluding hydrogens is 431 g/mol. The van der Waals surface area contributed by atoms with E-state index in [-0.39, 0.29) is 18.0 Å². The molecule has 2 aromatic rings. The molecule has 5 nitrogen and oxygen atoms in total. The van der Waals surface area contributed by atoms with Crippen LogP contribution in [0.3, 0.4) is 0 Å². The van der Waals surface area contributed by atoms with Crippen molar-refractivity contribution in [1.82, 2.24) is 15.1 Å². The van der Waals surface area contributed by atoms with Crippen molar-refractivity contribution in [1.29, 1.82) is 0 Å². The predicted octanol–water partition coefficient (Wildman–Crippen LogP) is 3.92. The summed E-state index contributed by atoms with van der Waals surface area (Å²) in [5, 5.41) is 2.46. The van der Waals surface area contributed by atoms with E-state index < -0.39 is 17.6 Å². The van der Waals surface area contributed by atoms with Crippen molar-refractivity contribution < 1.29 is 22.8 Å². The zero-order valence-corrected chi connectivity index (χ0v) is 18.4. The van der Waals surface area contributed by atoms with Crippen LogP contribution >= 0.6 is 0 Å². The van der Waals surface area contributed by atoms with E-state index in [0.717, 1.165) is 44.5 Å². The first kappa shape index (κ1) is 23.3. The SMILES string of the molecule is O=C(NCC(=O)N1CCC(N2CCC(c3ccccc3)CC2)C1)c1cccc(C(F)(F)F)c1. The molecule has 2 saturated heterocycles. The van der Waals surface area contributed by atoms with Crippen LogP contribution in [0, 0.1) is 0 Å². The molecule has 176 valence electrons. The van der Waals surface area contributed by atoms with Crippen molar-refractivity contribution in [3.05, 3.63) is 71.3 Å². The Labute approximate surface area is 191 Å². The third-order valence-corrected chi connectivity index (χ3v) is 6.69. The number of nitrogens with one attached hydrogen (secondary N) is 1. The van der Waals surface area contributed by atoms with Gasteiger partial charge in [-0.1, -0.05) is 36.4 Å². The summed E-state index contributed by atoms with van der Waals surface area (Å²) in [5.41, 5.74) is 0.384. The number of benzene rings is 2. The monoisotopic (exact) mass is 459 g/mol. The highest BCUT2D eigenvalue weighted by Crippen LogP contribution is 2.31. The second-order valence-corrected chi connectivity index (χ2v) is 8.76. The summed E-state index contributed by atoms with van der Waals surface area (Å²) in [7, 11) is 0. The molecule has 2 heterocycles. The molecule has 4 rings (SSSR count). The molecule has 2 aromatic carbocycles. The first-order valence-corrected chi connectivity index (χ1v) is 11.3. The minimum absolute atomic E-state index is 0.113. The van der Waals surface area contributed by atoms with E-state index in [9.17, 15) is 22.8 Å². The molecule has 2 aliphatic heterocycles. The van der Waals surface area contributed by atoms with Crippen LogP contribution in [0.2, 0.25) is 0 Å². The van der Waals surface area contributed by atoms with Crippen molar-refractivity contribution in [2.45, 2.75) is 37.4 Å². The third-order valence-electron chi connectivity index (χ3n) is 6.69. The molecule has 2 aliphatic rings. The zero-order valence-electron chi connectivity index (χ0n) is 18.4. The number of likely N-dealkylation sites (tertiary alicyclic amines) is 2. The van der Waals surface area contributed by atoms with E-state index in [2.05, 4.69) is 34.5 Å². The smallest absolute Gasteiger partial charge is 0.343 e. The van der Waals surface area contributed by atoms with E-state index in [1.807, 2.05) is 6.07 Å². The van der Waals surface area contributed by atoms with Gasteiger partial charge in [0.25, 0.3) is 5.91 Å². The van der Waals surface area contributed by atoms with Gasteiger partial charge in [0.1, 0.15) is 0 Å². The molecular formula is C25H28F3N3O2. The molecule has 2 fully saturated rings. The quantitative estimate of drug-likeness (QED) is 0.738. The molecule has 0 aromatic heterocycles. The second kappa shape index (κ2) is 9.95. The van der Waals surface area contributed by atoms with Crippen LogP contribution in [0.25, 0.3) is 0 Å². The lowest BCUT2D eigenvalue weighted by molar-refractivity contribution is -0.137. The number of amides is 2. The highest BCUT2D eigenvalue weighted by atomic mass is 19.4. The summed E-state index contributed by atoms with van der Waals surface area (Å²) >= 11 is 0. The van der Waals surface area contributed by atoms with Gasteiger partial charge in [-0.3, -0.25) is 14.5 Å². The number of hydrogen-bond acceptors (Lipinski definition) is 3. The fraction of sp³-hybridized carbons (Fsp3) is 0.440. The van der Waals surface area contributed by atoms with Crippen molar-refractivity contribution in [2.24, 2.45) is 0 Å². The molecule has 0 saturated carbocycles. The molecule has 33 heavy (non-hydrogen) atoms. The van der Waals surface area contributed by atoms with E-state index in [0.29, 0.717) is 25.0 Å². The Morgan fingerprint density at radius 1 is 0.939 bits per heavy atom. The van der Waals surface area contributed by atoms with Crippen molar-refractivity contribution in [3.8, 4) is 0 Å². The topological polar surface area (TPSA) is 52.7 Å². The molecule has 2 amide bonds. The molecule has 0 radical (unpaired) electrons. The van der Waals surface area contributed by atoms with Gasteiger partial charge < -0.3 is 10.2 Å². The summed E-state index contributed by atoms with van der Waals surface area (Å²) < 4.78 is 38.6. The van der Waals surface area contributed by atoms with Gasteiger partial charge in [0.2, 0.25) is 5.91 Å². The normalized spacial score (nSPS) is 20.1. The minimum Gasteiger partial charge on any atom is -0.343 e. The highest BCUT2D eigenvalue weighted by Gasteiger charge is 2.33. The Bertz CT molecular complexity index is 972. The standard InChI is InChI=1S/C25H28F3N3O2/c26-25(27,28)21-8-4-7-20(15-21)24(33)29-16-23(32)31-14-11-22(17-31)30-12-9-19(10-13-30)18-5-2-1-3-6-18/h1-8,15,19,22H,9-14,16-17H2,(H,29,33). The summed E-state index contributed by atoms with van der Waals surface area (Å²) in [6.45, 7) is 3.02. The number of carbonyl (C=O) groups excluding carboxylic acids is 2. The van der Waals surface area contributed by atoms with Gasteiger partial charge in [0.15, 0.2) is 0 Å². The van der Waals surface area contributed by atoms with Crippen LogP contribution < -0.4 is 5.32 Å². The number of carbonyl (C=O) groups is 2. The number of rotatable bonds is 5. The number of alkyl halides is 3. The van der Waals surface area contributed by atoms with Crippen LogP contribution in [-0.4, -0.2) is 60.4 Å². The minimum atomic E-state index is -4.52. The summed E-state index contributed by atoms with van der Waals surface area (Å²) in [4.78, 5) is 29.0. The first-order chi connectivity index (χ1) is 15.8. The molecule has 1 N–H and O–H groups in total. The molecule has 8 heteroatoms. The van der Waals surface area contributed by atoms with Gasteiger partial charge in [0, 0.05) is 24.7 Å². The maximum absolute atomic E-state index is 12.9. The number of nitrogens with zero attached hydrogens (tertiary/aromatic N) is 2. The number of halogens is 3. The second-order valence-electron chi connectivity index (χ2n) is 8.76. The zero-order chi connectivity index (χ0) is 23.4. The number of piperidine rings is 1. The lowest BCUT2D eigenvalue weighted by atomic mass is 9.89. The Kier molecular flexibility index (Phi) is 7.02. The fourth-order valence-corrected chi connectivity index (χ4v) is 4.80. The van der Waals surface area contributed by atoms with Crippen LogP contribution in [-0.2, 0) is 11.0 Å². The molecule has 1 unspecified atom stereocenters. The van der Waals surface area contributed by atoms with Crippen molar-refractivity contribution in [2.75, 3.05) is 32.7 Å². The molecule has 0 bridgehead atoms. The van der Waals surface area contributed by atoms with Gasteiger partial charge in [0.05, 0.1) is 12.1 Å².